The number of hydrogen-bond acceptors (Lipinski definition) is 7. The average Bonchev–Trinajstić information content (AvgIpc) is 3.21. The van der Waals surface area contributed by atoms with Crippen LogP contribution in [0.5, 0.6) is 5.75 Å². The van der Waals surface area contributed by atoms with E-state index in [4.69, 9.17) is 26.8 Å². The summed E-state index contributed by atoms with van der Waals surface area (Å²) in [4.78, 5) is 18.3. The van der Waals surface area contributed by atoms with Crippen LogP contribution in [0.25, 0.3) is 17.1 Å². The van der Waals surface area contributed by atoms with E-state index in [1.807, 2.05) is 58.0 Å². The van der Waals surface area contributed by atoms with E-state index >= 15 is 0 Å². The van der Waals surface area contributed by atoms with Crippen LogP contribution in [0.15, 0.2) is 73.1 Å². The number of methoxy groups -OCH3 is 2. The highest BCUT2D eigenvalue weighted by Gasteiger charge is 2.19. The third kappa shape index (κ3) is 5.64. The van der Waals surface area contributed by atoms with Crippen LogP contribution in [0.3, 0.4) is 0 Å². The van der Waals surface area contributed by atoms with E-state index in [0.717, 1.165) is 28.1 Å². The van der Waals surface area contributed by atoms with Crippen molar-refractivity contribution in [3.8, 4) is 22.8 Å². The number of nitrogens with zero attached hydrogens (tertiary/aromatic N) is 5. The van der Waals surface area contributed by atoms with Gasteiger partial charge in [-0.25, -0.2) is 4.68 Å². The summed E-state index contributed by atoms with van der Waals surface area (Å²) in [6.45, 7) is 3.01. The summed E-state index contributed by atoms with van der Waals surface area (Å²) < 4.78 is 14.4. The van der Waals surface area contributed by atoms with Gasteiger partial charge in [-0.15, -0.1) is 5.10 Å². The molecule has 180 valence electrons. The minimum atomic E-state index is -0.325. The summed E-state index contributed by atoms with van der Waals surface area (Å²) in [5.41, 5.74) is 3.99. The van der Waals surface area contributed by atoms with Crippen LogP contribution in [0.4, 0.5) is 0 Å². The molecule has 0 radical (unpaired) electrons. The standard InChI is InChI=1S/C26H27N5O3S/c1-19-6-4-5-7-21(19)16-29(17-24(32)34-3)18-30-26(35)31(22-8-10-23(33-2)11-9-22)25(28-30)20-12-14-27-15-13-20/h4-15H,16-18H2,1-3H3. The van der Waals surface area contributed by atoms with Crippen molar-refractivity contribution in [2.75, 3.05) is 20.8 Å². The fraction of sp³-hybridized carbons (Fsp3) is 0.231. The Labute approximate surface area is 209 Å². The van der Waals surface area contributed by atoms with Crippen molar-refractivity contribution in [2.45, 2.75) is 20.1 Å². The number of carbonyl (C=O) groups excluding carboxylic acids is 1. The summed E-state index contributed by atoms with van der Waals surface area (Å²) in [6, 6.07) is 19.5. The van der Waals surface area contributed by atoms with Gasteiger partial charge in [0, 0.05) is 24.5 Å². The quantitative estimate of drug-likeness (QED) is 0.255. The average molecular weight is 490 g/mol. The predicted octanol–water partition coefficient (Wildman–Crippen LogP) is 4.42. The summed E-state index contributed by atoms with van der Waals surface area (Å²) in [6.07, 6.45) is 3.44. The van der Waals surface area contributed by atoms with Crippen molar-refractivity contribution in [2.24, 2.45) is 0 Å². The van der Waals surface area contributed by atoms with Gasteiger partial charge in [-0.3, -0.25) is 19.2 Å². The molecule has 0 aliphatic heterocycles. The minimum absolute atomic E-state index is 0.104. The molecule has 9 heteroatoms. The Balaban J connectivity index is 1.76. The maximum absolute atomic E-state index is 12.2. The normalized spacial score (nSPS) is 11.0. The van der Waals surface area contributed by atoms with Gasteiger partial charge < -0.3 is 9.47 Å². The minimum Gasteiger partial charge on any atom is -0.497 e. The van der Waals surface area contributed by atoms with E-state index in [1.54, 1.807) is 24.2 Å². The Morgan fingerprint density at radius 2 is 1.74 bits per heavy atom. The molecule has 0 saturated heterocycles. The molecule has 0 aliphatic rings. The molecular weight excluding hydrogens is 462 g/mol. The second-order valence-electron chi connectivity index (χ2n) is 8.01. The Hall–Kier alpha value is -3.82. The molecule has 0 atom stereocenters. The van der Waals surface area contributed by atoms with E-state index in [2.05, 4.69) is 24.0 Å². The first-order valence-corrected chi connectivity index (χ1v) is 11.5. The Morgan fingerprint density at radius 1 is 1.03 bits per heavy atom. The molecule has 0 bridgehead atoms. The molecule has 2 heterocycles. The van der Waals surface area contributed by atoms with Gasteiger partial charge in [0.15, 0.2) is 5.82 Å². The molecule has 0 amide bonds. The van der Waals surface area contributed by atoms with Crippen LogP contribution in [-0.4, -0.2) is 51.0 Å². The molecule has 0 spiro atoms. The van der Waals surface area contributed by atoms with E-state index < -0.39 is 0 Å². The highest BCUT2D eigenvalue weighted by atomic mass is 32.1. The van der Waals surface area contributed by atoms with Gasteiger partial charge in [-0.05, 0) is 66.7 Å². The zero-order chi connectivity index (χ0) is 24.8. The van der Waals surface area contributed by atoms with E-state index in [0.29, 0.717) is 23.8 Å². The number of pyridine rings is 1. The SMILES string of the molecule is COC(=O)CN(Cc1ccccc1C)Cn1nc(-c2ccncc2)n(-c2ccc(OC)cc2)c1=S. The van der Waals surface area contributed by atoms with Crippen molar-refractivity contribution in [3.05, 3.63) is 89.0 Å². The first-order valence-electron chi connectivity index (χ1n) is 11.1. The summed E-state index contributed by atoms with van der Waals surface area (Å²) in [5.74, 6) is 1.10. The lowest BCUT2D eigenvalue weighted by molar-refractivity contribution is -0.142. The van der Waals surface area contributed by atoms with Crippen molar-refractivity contribution in [3.63, 3.8) is 0 Å². The fourth-order valence-electron chi connectivity index (χ4n) is 3.77. The van der Waals surface area contributed by atoms with Crippen LogP contribution in [-0.2, 0) is 22.7 Å². The predicted molar refractivity (Wildman–Crippen MR) is 136 cm³/mol. The lowest BCUT2D eigenvalue weighted by atomic mass is 10.1. The third-order valence-corrected chi connectivity index (χ3v) is 6.07. The number of aryl methyl sites for hydroxylation is 1. The molecule has 4 aromatic rings. The molecule has 2 aromatic carbocycles. The molecule has 0 aliphatic carbocycles. The van der Waals surface area contributed by atoms with Crippen LogP contribution in [0.1, 0.15) is 11.1 Å². The van der Waals surface area contributed by atoms with Gasteiger partial charge >= 0.3 is 5.97 Å². The molecule has 0 saturated carbocycles. The highest BCUT2D eigenvalue weighted by Crippen LogP contribution is 2.24. The molecule has 0 N–H and O–H groups in total. The maximum Gasteiger partial charge on any atom is 0.319 e. The van der Waals surface area contributed by atoms with Gasteiger partial charge in [-0.1, -0.05) is 24.3 Å². The van der Waals surface area contributed by atoms with Gasteiger partial charge in [0.1, 0.15) is 5.75 Å². The highest BCUT2D eigenvalue weighted by molar-refractivity contribution is 7.71. The van der Waals surface area contributed by atoms with Crippen LogP contribution < -0.4 is 4.74 Å². The molecule has 0 fully saturated rings. The molecule has 4 rings (SSSR count). The number of carbonyl (C=O) groups is 1. The number of ether oxygens (including phenoxy) is 2. The largest absolute Gasteiger partial charge is 0.497 e. The number of rotatable bonds is 9. The van der Waals surface area contributed by atoms with Crippen LogP contribution >= 0.6 is 12.2 Å². The Kier molecular flexibility index (Phi) is 7.69. The monoisotopic (exact) mass is 489 g/mol. The second kappa shape index (κ2) is 11.1. The number of aromatic nitrogens is 4. The zero-order valence-electron chi connectivity index (χ0n) is 19.9. The lowest BCUT2D eigenvalue weighted by Crippen LogP contribution is -2.33. The van der Waals surface area contributed by atoms with E-state index in [1.165, 1.54) is 7.11 Å². The van der Waals surface area contributed by atoms with Crippen molar-refractivity contribution >= 4 is 18.2 Å². The smallest absolute Gasteiger partial charge is 0.319 e. The number of esters is 1. The van der Waals surface area contributed by atoms with Crippen LogP contribution in [0.2, 0.25) is 0 Å². The molecule has 35 heavy (non-hydrogen) atoms. The summed E-state index contributed by atoms with van der Waals surface area (Å²) in [7, 11) is 3.02. The van der Waals surface area contributed by atoms with Crippen molar-refractivity contribution < 1.29 is 14.3 Å². The van der Waals surface area contributed by atoms with Gasteiger partial charge in [0.25, 0.3) is 0 Å². The second-order valence-corrected chi connectivity index (χ2v) is 8.37. The number of benzene rings is 2. The summed E-state index contributed by atoms with van der Waals surface area (Å²) >= 11 is 5.88. The van der Waals surface area contributed by atoms with Crippen molar-refractivity contribution in [1.29, 1.82) is 0 Å². The van der Waals surface area contributed by atoms with Gasteiger partial charge in [-0.2, -0.15) is 0 Å². The first kappa shape index (κ1) is 24.3. The van der Waals surface area contributed by atoms with Gasteiger partial charge in [0.05, 0.1) is 33.1 Å². The van der Waals surface area contributed by atoms with E-state index in [9.17, 15) is 4.79 Å². The van der Waals surface area contributed by atoms with Crippen molar-refractivity contribution in [1.82, 2.24) is 24.2 Å². The first-order chi connectivity index (χ1) is 17.0. The van der Waals surface area contributed by atoms with E-state index in [-0.39, 0.29) is 12.5 Å². The van der Waals surface area contributed by atoms with Crippen LogP contribution in [0, 0.1) is 11.7 Å². The fourth-order valence-corrected chi connectivity index (χ4v) is 4.06. The Bertz CT molecular complexity index is 1350. The molecule has 2 aromatic heterocycles. The third-order valence-electron chi connectivity index (χ3n) is 5.68. The number of hydrogen-bond donors (Lipinski definition) is 0. The zero-order valence-corrected chi connectivity index (χ0v) is 20.7. The maximum atomic E-state index is 12.2. The Morgan fingerprint density at radius 3 is 2.40 bits per heavy atom. The molecular formula is C26H27N5O3S. The topological polar surface area (TPSA) is 74.4 Å². The molecule has 0 unspecified atom stereocenters. The van der Waals surface area contributed by atoms with Gasteiger partial charge in [0.2, 0.25) is 4.77 Å². The molecule has 8 nitrogen and oxygen atoms in total. The summed E-state index contributed by atoms with van der Waals surface area (Å²) in [5, 5.41) is 4.86. The lowest BCUT2D eigenvalue weighted by Gasteiger charge is -2.21.